The van der Waals surface area contributed by atoms with E-state index in [0.717, 1.165) is 12.1 Å². The molecule has 1 aliphatic heterocycles. The third-order valence-electron chi connectivity index (χ3n) is 3.45. The van der Waals surface area contributed by atoms with Gasteiger partial charge in [-0.3, -0.25) is 4.79 Å². The van der Waals surface area contributed by atoms with Crippen LogP contribution < -0.4 is 5.73 Å². The van der Waals surface area contributed by atoms with Gasteiger partial charge >= 0.3 is 0 Å². The quantitative estimate of drug-likeness (QED) is 0.761. The molecule has 0 radical (unpaired) electrons. The van der Waals surface area contributed by atoms with Crippen LogP contribution in [0.25, 0.3) is 0 Å². The highest BCUT2D eigenvalue weighted by atomic mass is 19.1. The van der Waals surface area contributed by atoms with Crippen molar-refractivity contribution in [1.29, 1.82) is 0 Å². The fraction of sp³-hybridized carbons (Fsp3) is 0.462. The molecule has 1 aromatic carbocycles. The Labute approximate surface area is 109 Å². The SMILES string of the molecule is CC1(O)CCN(C(=O)c2cc(F)c(N)c(F)c2)CC1. The number of likely N-dealkylation sites (tertiary alicyclic amines) is 1. The van der Waals surface area contributed by atoms with Gasteiger partial charge in [0, 0.05) is 18.7 Å². The maximum atomic E-state index is 13.3. The molecule has 0 atom stereocenters. The summed E-state index contributed by atoms with van der Waals surface area (Å²) in [5.74, 6) is -2.33. The van der Waals surface area contributed by atoms with Gasteiger partial charge in [0.1, 0.15) is 17.3 Å². The molecule has 3 N–H and O–H groups in total. The minimum Gasteiger partial charge on any atom is -0.394 e. The van der Waals surface area contributed by atoms with Gasteiger partial charge in [-0.2, -0.15) is 0 Å². The van der Waals surface area contributed by atoms with E-state index in [4.69, 9.17) is 5.73 Å². The fourth-order valence-electron chi connectivity index (χ4n) is 2.08. The number of nitrogens with two attached hydrogens (primary N) is 1. The zero-order valence-corrected chi connectivity index (χ0v) is 10.6. The summed E-state index contributed by atoms with van der Waals surface area (Å²) in [5.41, 5.74) is 3.72. The van der Waals surface area contributed by atoms with E-state index in [-0.39, 0.29) is 5.56 Å². The molecule has 0 aliphatic carbocycles. The lowest BCUT2D eigenvalue weighted by atomic mass is 9.93. The lowest BCUT2D eigenvalue weighted by Gasteiger charge is -2.35. The Balaban J connectivity index is 2.17. The number of anilines is 1. The van der Waals surface area contributed by atoms with E-state index in [0.29, 0.717) is 25.9 Å². The van der Waals surface area contributed by atoms with Crippen molar-refractivity contribution in [3.8, 4) is 0 Å². The van der Waals surface area contributed by atoms with Crippen LogP contribution in [-0.4, -0.2) is 34.6 Å². The van der Waals surface area contributed by atoms with Gasteiger partial charge in [-0.15, -0.1) is 0 Å². The van der Waals surface area contributed by atoms with Gasteiger partial charge in [0.05, 0.1) is 5.60 Å². The number of rotatable bonds is 1. The van der Waals surface area contributed by atoms with Crippen LogP contribution in [0.1, 0.15) is 30.1 Å². The second kappa shape index (κ2) is 4.77. The minimum atomic E-state index is -0.938. The van der Waals surface area contributed by atoms with Gasteiger partial charge in [0.25, 0.3) is 5.91 Å². The zero-order valence-electron chi connectivity index (χ0n) is 10.6. The van der Waals surface area contributed by atoms with Crippen molar-refractivity contribution in [2.45, 2.75) is 25.4 Å². The van der Waals surface area contributed by atoms with Crippen LogP contribution in [0.4, 0.5) is 14.5 Å². The van der Waals surface area contributed by atoms with Crippen molar-refractivity contribution in [3.63, 3.8) is 0 Å². The van der Waals surface area contributed by atoms with E-state index in [2.05, 4.69) is 0 Å². The van der Waals surface area contributed by atoms with E-state index in [1.54, 1.807) is 6.92 Å². The first-order valence-corrected chi connectivity index (χ1v) is 6.06. The summed E-state index contributed by atoms with van der Waals surface area (Å²) in [6, 6.07) is 1.88. The molecule has 104 valence electrons. The smallest absolute Gasteiger partial charge is 0.254 e. The Kier molecular flexibility index (Phi) is 3.45. The van der Waals surface area contributed by atoms with Crippen molar-refractivity contribution in [2.75, 3.05) is 18.8 Å². The predicted octanol–water partition coefficient (Wildman–Crippen LogP) is 1.53. The lowest BCUT2D eigenvalue weighted by Crippen LogP contribution is -2.45. The molecule has 4 nitrogen and oxygen atoms in total. The van der Waals surface area contributed by atoms with Crippen LogP contribution in [0.3, 0.4) is 0 Å². The number of nitrogen functional groups attached to an aromatic ring is 1. The monoisotopic (exact) mass is 270 g/mol. The molecule has 0 unspecified atom stereocenters. The largest absolute Gasteiger partial charge is 0.394 e. The molecule has 0 bridgehead atoms. The van der Waals surface area contributed by atoms with Gasteiger partial charge in [-0.25, -0.2) is 8.78 Å². The maximum Gasteiger partial charge on any atom is 0.254 e. The first-order chi connectivity index (χ1) is 8.80. The average molecular weight is 270 g/mol. The van der Waals surface area contributed by atoms with Crippen LogP contribution in [0.15, 0.2) is 12.1 Å². The summed E-state index contributed by atoms with van der Waals surface area (Å²) in [6.45, 7) is 2.43. The molecule has 1 saturated heterocycles. The number of benzene rings is 1. The Morgan fingerprint density at radius 1 is 1.32 bits per heavy atom. The van der Waals surface area contributed by atoms with Crippen molar-refractivity contribution in [3.05, 3.63) is 29.3 Å². The molecular formula is C13H16F2N2O2. The molecule has 2 rings (SSSR count). The number of nitrogens with zero attached hydrogens (tertiary/aromatic N) is 1. The number of piperidine rings is 1. The Morgan fingerprint density at radius 2 is 1.79 bits per heavy atom. The topological polar surface area (TPSA) is 66.6 Å². The molecule has 1 amide bonds. The zero-order chi connectivity index (χ0) is 14.2. The molecule has 0 saturated carbocycles. The van der Waals surface area contributed by atoms with Crippen molar-refractivity contribution < 1.29 is 18.7 Å². The number of carbonyl (C=O) groups excluding carboxylic acids is 1. The molecule has 6 heteroatoms. The average Bonchev–Trinajstić information content (AvgIpc) is 2.34. The molecule has 1 aliphatic rings. The summed E-state index contributed by atoms with van der Waals surface area (Å²) in [7, 11) is 0. The van der Waals surface area contributed by atoms with E-state index in [9.17, 15) is 18.7 Å². The first kappa shape index (κ1) is 13.7. The predicted molar refractivity (Wildman–Crippen MR) is 66.5 cm³/mol. The Bertz CT molecular complexity index is 484. The number of hydrogen-bond acceptors (Lipinski definition) is 3. The molecule has 1 fully saturated rings. The highest BCUT2D eigenvalue weighted by molar-refractivity contribution is 5.94. The first-order valence-electron chi connectivity index (χ1n) is 6.06. The number of aliphatic hydroxyl groups is 1. The van der Waals surface area contributed by atoms with Gasteiger partial charge < -0.3 is 15.7 Å². The van der Waals surface area contributed by atoms with Gasteiger partial charge in [0.15, 0.2) is 0 Å². The standard InChI is InChI=1S/C13H16F2N2O2/c1-13(19)2-4-17(5-3-13)12(18)8-6-9(14)11(16)10(15)7-8/h6-7,19H,2-5,16H2,1H3. The van der Waals surface area contributed by atoms with Crippen molar-refractivity contribution in [2.24, 2.45) is 0 Å². The summed E-state index contributed by atoms with van der Waals surface area (Å²) >= 11 is 0. The molecule has 1 heterocycles. The van der Waals surface area contributed by atoms with Crippen LogP contribution >= 0.6 is 0 Å². The van der Waals surface area contributed by atoms with Crippen molar-refractivity contribution >= 4 is 11.6 Å². The molecule has 1 aromatic rings. The molecular weight excluding hydrogens is 254 g/mol. The molecule has 19 heavy (non-hydrogen) atoms. The Hall–Kier alpha value is -1.69. The Morgan fingerprint density at radius 3 is 2.26 bits per heavy atom. The van der Waals surface area contributed by atoms with Crippen LogP contribution in [0.5, 0.6) is 0 Å². The maximum absolute atomic E-state index is 13.3. The highest BCUT2D eigenvalue weighted by Gasteiger charge is 2.30. The minimum absolute atomic E-state index is 0.0641. The third kappa shape index (κ3) is 2.84. The molecule has 0 spiro atoms. The summed E-state index contributed by atoms with van der Waals surface area (Å²) < 4.78 is 26.6. The van der Waals surface area contributed by atoms with E-state index < -0.39 is 28.8 Å². The van der Waals surface area contributed by atoms with Crippen molar-refractivity contribution in [1.82, 2.24) is 4.90 Å². The number of carbonyl (C=O) groups is 1. The number of halogens is 2. The summed E-state index contributed by atoms with van der Waals surface area (Å²) in [6.07, 6.45) is 0.886. The second-order valence-corrected chi connectivity index (χ2v) is 5.14. The normalized spacial score (nSPS) is 18.4. The van der Waals surface area contributed by atoms with E-state index >= 15 is 0 Å². The highest BCUT2D eigenvalue weighted by Crippen LogP contribution is 2.24. The van der Waals surface area contributed by atoms with Gasteiger partial charge in [-0.1, -0.05) is 0 Å². The number of amides is 1. The molecule has 0 aromatic heterocycles. The summed E-state index contributed by atoms with van der Waals surface area (Å²) in [4.78, 5) is 13.6. The van der Waals surface area contributed by atoms with E-state index in [1.165, 1.54) is 4.90 Å². The van der Waals surface area contributed by atoms with E-state index in [1.807, 2.05) is 0 Å². The second-order valence-electron chi connectivity index (χ2n) is 5.14. The fourth-order valence-corrected chi connectivity index (χ4v) is 2.08. The van der Waals surface area contributed by atoms with Gasteiger partial charge in [-0.05, 0) is 31.9 Å². The lowest BCUT2D eigenvalue weighted by molar-refractivity contribution is -0.00205. The van der Waals surface area contributed by atoms with Gasteiger partial charge in [0.2, 0.25) is 0 Å². The van der Waals surface area contributed by atoms with Crippen LogP contribution in [-0.2, 0) is 0 Å². The number of hydrogen-bond donors (Lipinski definition) is 2. The summed E-state index contributed by atoms with van der Waals surface area (Å²) in [5, 5.41) is 9.79. The van der Waals surface area contributed by atoms with Crippen LogP contribution in [0, 0.1) is 11.6 Å². The van der Waals surface area contributed by atoms with Crippen LogP contribution in [0.2, 0.25) is 0 Å². The third-order valence-corrected chi connectivity index (χ3v) is 3.45.